The van der Waals surface area contributed by atoms with E-state index in [9.17, 15) is 19.7 Å². The number of amides is 1. The van der Waals surface area contributed by atoms with Gasteiger partial charge in [0, 0.05) is 46.7 Å². The highest BCUT2D eigenvalue weighted by atomic mass is 16.6. The number of hydrogen-bond donors (Lipinski definition) is 2. The Morgan fingerprint density at radius 3 is 2.51 bits per heavy atom. The maximum Gasteiger partial charge on any atom is 0.269 e. The van der Waals surface area contributed by atoms with Crippen molar-refractivity contribution in [2.45, 2.75) is 24.3 Å². The fraction of sp³-hybridized carbons (Fsp3) is 0.241. The first kappa shape index (κ1) is 21.9. The number of aryl methyl sites for hydroxylation is 1. The Kier molecular flexibility index (Phi) is 4.37. The highest BCUT2D eigenvalue weighted by Gasteiger charge is 2.74. The molecule has 1 saturated heterocycles. The third-order valence-corrected chi connectivity index (χ3v) is 8.88. The van der Waals surface area contributed by atoms with Crippen molar-refractivity contribution >= 4 is 34.0 Å². The molecule has 1 aliphatic carbocycles. The molecule has 7 rings (SSSR count). The van der Waals surface area contributed by atoms with Gasteiger partial charge >= 0.3 is 0 Å². The molecule has 1 amide bonds. The molecule has 0 bridgehead atoms. The van der Waals surface area contributed by atoms with Gasteiger partial charge in [0.05, 0.1) is 16.0 Å². The number of carbonyl (C=O) groups excluding carboxylic acids is 2. The van der Waals surface area contributed by atoms with Crippen molar-refractivity contribution in [3.63, 3.8) is 0 Å². The molecule has 3 atom stereocenters. The Bertz CT molecular complexity index is 1640. The van der Waals surface area contributed by atoms with Gasteiger partial charge in [0.25, 0.3) is 11.6 Å². The molecule has 1 aromatic heterocycles. The van der Waals surface area contributed by atoms with Crippen LogP contribution in [0.15, 0.2) is 72.8 Å². The van der Waals surface area contributed by atoms with Crippen LogP contribution in [0.5, 0.6) is 0 Å². The van der Waals surface area contributed by atoms with E-state index >= 15 is 0 Å². The number of nitro benzene ring substituents is 1. The number of carbonyl (C=O) groups is 2. The molecule has 3 aromatic carbocycles. The van der Waals surface area contributed by atoms with Crippen LogP contribution in [0.4, 0.5) is 11.4 Å². The van der Waals surface area contributed by atoms with E-state index < -0.39 is 15.9 Å². The number of non-ortho nitro benzene ring substituents is 1. The summed E-state index contributed by atoms with van der Waals surface area (Å²) in [6.45, 7) is 0.459. The third-order valence-electron chi connectivity index (χ3n) is 8.88. The van der Waals surface area contributed by atoms with E-state index in [-0.39, 0.29) is 23.3 Å². The van der Waals surface area contributed by atoms with Gasteiger partial charge < -0.3 is 10.3 Å². The average Bonchev–Trinajstić information content (AvgIpc) is 3.52. The van der Waals surface area contributed by atoms with Crippen LogP contribution in [-0.4, -0.2) is 40.1 Å². The largest absolute Gasteiger partial charge is 0.352 e. The predicted molar refractivity (Wildman–Crippen MR) is 139 cm³/mol. The zero-order valence-electron chi connectivity index (χ0n) is 20.2. The average molecular weight is 493 g/mol. The normalized spacial score (nSPS) is 26.6. The minimum atomic E-state index is -1.21. The Labute approximate surface area is 212 Å². The van der Waals surface area contributed by atoms with Gasteiger partial charge in [-0.1, -0.05) is 48.5 Å². The van der Waals surface area contributed by atoms with Gasteiger partial charge in [0.1, 0.15) is 5.54 Å². The Morgan fingerprint density at radius 1 is 1.00 bits per heavy atom. The molecule has 1 fully saturated rings. The summed E-state index contributed by atoms with van der Waals surface area (Å²) in [5.74, 6) is -0.625. The van der Waals surface area contributed by atoms with Crippen LogP contribution in [-0.2, 0) is 16.8 Å². The van der Waals surface area contributed by atoms with E-state index in [1.807, 2.05) is 60.5 Å². The number of aromatic amines is 1. The number of likely N-dealkylation sites (tertiary alicyclic amines) is 1. The number of ketones is 1. The monoisotopic (exact) mass is 492 g/mol. The van der Waals surface area contributed by atoms with Crippen molar-refractivity contribution in [3.05, 3.63) is 105 Å². The smallest absolute Gasteiger partial charge is 0.269 e. The van der Waals surface area contributed by atoms with E-state index in [4.69, 9.17) is 0 Å². The number of para-hydroxylation sites is 2. The maximum absolute atomic E-state index is 14.9. The number of benzene rings is 3. The highest BCUT2D eigenvalue weighted by molar-refractivity contribution is 6.16. The standard InChI is InChI=1S/C29H24N4O4/c1-32-16-22(17-10-12-18(13-11-17)33(36)37)28(29(32)21-7-3-5-9-24(21)31-27(29)35)15-14-20-19-6-2-4-8-23(19)30-25(20)26(28)34/h2-13,22,30H,14-16H2,1H3,(H,31,35)/t22-,28+,29-/m0/s1. The quantitative estimate of drug-likeness (QED) is 0.310. The molecule has 3 heterocycles. The molecule has 2 N–H and O–H groups in total. The zero-order valence-corrected chi connectivity index (χ0v) is 20.2. The van der Waals surface area contributed by atoms with E-state index in [2.05, 4.69) is 10.3 Å². The molecule has 8 nitrogen and oxygen atoms in total. The molecule has 8 heteroatoms. The van der Waals surface area contributed by atoms with Crippen molar-refractivity contribution in [1.29, 1.82) is 0 Å². The number of nitrogens with zero attached hydrogens (tertiary/aromatic N) is 2. The molecule has 3 aliphatic rings. The first-order valence-corrected chi connectivity index (χ1v) is 12.4. The fourth-order valence-corrected chi connectivity index (χ4v) is 7.43. The Morgan fingerprint density at radius 2 is 1.73 bits per heavy atom. The van der Waals surface area contributed by atoms with Gasteiger partial charge in [-0.05, 0) is 43.1 Å². The lowest BCUT2D eigenvalue weighted by atomic mass is 9.54. The number of fused-ring (bicyclic) bond motifs is 6. The number of nitro groups is 1. The van der Waals surface area contributed by atoms with Crippen molar-refractivity contribution < 1.29 is 14.5 Å². The summed E-state index contributed by atoms with van der Waals surface area (Å²) in [6, 6.07) is 22.0. The summed E-state index contributed by atoms with van der Waals surface area (Å²) >= 11 is 0. The first-order chi connectivity index (χ1) is 17.9. The Hall–Kier alpha value is -4.30. The lowest BCUT2D eigenvalue weighted by Gasteiger charge is -2.47. The van der Waals surface area contributed by atoms with E-state index in [1.165, 1.54) is 12.1 Å². The van der Waals surface area contributed by atoms with Crippen LogP contribution in [0.3, 0.4) is 0 Å². The molecule has 184 valence electrons. The number of aromatic nitrogens is 1. The van der Waals surface area contributed by atoms with E-state index in [1.54, 1.807) is 12.1 Å². The van der Waals surface area contributed by atoms with Crippen LogP contribution in [0.2, 0.25) is 0 Å². The van der Waals surface area contributed by atoms with Crippen LogP contribution < -0.4 is 5.32 Å². The Balaban J connectivity index is 1.51. The number of Topliss-reactive ketones (excluding diaryl/α,β-unsaturated/α-hetero) is 1. The third kappa shape index (κ3) is 2.55. The zero-order chi connectivity index (χ0) is 25.5. The lowest BCUT2D eigenvalue weighted by Crippen LogP contribution is -2.60. The second kappa shape index (κ2) is 7.36. The molecule has 4 aromatic rings. The van der Waals surface area contributed by atoms with E-state index in [0.717, 1.165) is 33.3 Å². The first-order valence-electron chi connectivity index (χ1n) is 12.4. The summed E-state index contributed by atoms with van der Waals surface area (Å²) in [5.41, 5.74) is 2.48. The van der Waals surface area contributed by atoms with Crippen LogP contribution in [0, 0.1) is 15.5 Å². The van der Waals surface area contributed by atoms with Gasteiger partial charge in [-0.3, -0.25) is 24.6 Å². The molecule has 2 spiro atoms. The number of likely N-dealkylation sites (N-methyl/N-ethyl adjacent to an activating group) is 1. The molecule has 2 aliphatic heterocycles. The number of anilines is 1. The number of hydrogen-bond acceptors (Lipinski definition) is 5. The number of nitrogens with one attached hydrogen (secondary N) is 2. The minimum Gasteiger partial charge on any atom is -0.352 e. The maximum atomic E-state index is 14.9. The van der Waals surface area contributed by atoms with Gasteiger partial charge in [-0.2, -0.15) is 0 Å². The van der Waals surface area contributed by atoms with Crippen LogP contribution in [0.25, 0.3) is 10.9 Å². The van der Waals surface area contributed by atoms with Crippen molar-refractivity contribution in [2.75, 3.05) is 18.9 Å². The lowest BCUT2D eigenvalue weighted by molar-refractivity contribution is -0.384. The number of rotatable bonds is 2. The SMILES string of the molecule is CN1C[C@@H](c2ccc([N+](=O)[O-])cc2)[C@@]2(CCc3c([nH]c4ccccc34)C2=O)[C@]12C(=O)Nc1ccccc12. The second-order valence-electron chi connectivity index (χ2n) is 10.3. The minimum absolute atomic E-state index is 0.00399. The molecule has 0 radical (unpaired) electrons. The summed E-state index contributed by atoms with van der Waals surface area (Å²) in [7, 11) is 1.91. The second-order valence-corrected chi connectivity index (χ2v) is 10.3. The van der Waals surface area contributed by atoms with Crippen molar-refractivity contribution in [3.8, 4) is 0 Å². The molecular formula is C29H24N4O4. The molecular weight excluding hydrogens is 468 g/mol. The van der Waals surface area contributed by atoms with Gasteiger partial charge in [0.15, 0.2) is 5.78 Å². The summed E-state index contributed by atoms with van der Waals surface area (Å²) in [5, 5.41) is 15.4. The summed E-state index contributed by atoms with van der Waals surface area (Å²) < 4.78 is 0. The predicted octanol–water partition coefficient (Wildman–Crippen LogP) is 4.77. The van der Waals surface area contributed by atoms with Gasteiger partial charge in [-0.25, -0.2) is 0 Å². The number of H-pyrrole nitrogens is 1. The molecule has 0 saturated carbocycles. The highest BCUT2D eigenvalue weighted by Crippen LogP contribution is 2.66. The van der Waals surface area contributed by atoms with Gasteiger partial charge in [-0.15, -0.1) is 0 Å². The van der Waals surface area contributed by atoms with Gasteiger partial charge in [0.2, 0.25) is 0 Å². The molecule has 0 unspecified atom stereocenters. The van der Waals surface area contributed by atoms with Crippen molar-refractivity contribution in [1.82, 2.24) is 9.88 Å². The van der Waals surface area contributed by atoms with E-state index in [0.29, 0.717) is 25.1 Å². The van der Waals surface area contributed by atoms with Crippen LogP contribution in [0.1, 0.15) is 39.5 Å². The topological polar surface area (TPSA) is 108 Å². The molecule has 37 heavy (non-hydrogen) atoms. The fourth-order valence-electron chi connectivity index (χ4n) is 7.43. The summed E-state index contributed by atoms with van der Waals surface area (Å²) in [6.07, 6.45) is 1.12. The van der Waals surface area contributed by atoms with Crippen molar-refractivity contribution in [2.24, 2.45) is 5.41 Å². The summed E-state index contributed by atoms with van der Waals surface area (Å²) in [4.78, 5) is 45.3. The van der Waals surface area contributed by atoms with Crippen LogP contribution >= 0.6 is 0 Å².